The van der Waals surface area contributed by atoms with Gasteiger partial charge in [0.15, 0.2) is 9.84 Å². The fourth-order valence-electron chi connectivity index (χ4n) is 1.65. The van der Waals surface area contributed by atoms with Crippen molar-refractivity contribution in [3.05, 3.63) is 0 Å². The van der Waals surface area contributed by atoms with Gasteiger partial charge in [0.25, 0.3) is 0 Å². The molecule has 1 amide bonds. The second-order valence-corrected chi connectivity index (χ2v) is 5.92. The summed E-state index contributed by atoms with van der Waals surface area (Å²) in [5.74, 6) is -0.830. The van der Waals surface area contributed by atoms with Crippen molar-refractivity contribution in [3.63, 3.8) is 0 Å². The minimum absolute atomic E-state index is 0.00810. The summed E-state index contributed by atoms with van der Waals surface area (Å²) in [6, 6.07) is -0.981. The molecule has 1 saturated heterocycles. The van der Waals surface area contributed by atoms with Crippen LogP contribution in [0.2, 0.25) is 0 Å². The molecular weight excluding hydrogens is 259 g/mol. The summed E-state index contributed by atoms with van der Waals surface area (Å²) in [7, 11) is -3.37. The maximum atomic E-state index is 12.3. The number of halogens is 3. The summed E-state index contributed by atoms with van der Waals surface area (Å²) in [5.41, 5.74) is 0. The molecule has 0 aromatic heterocycles. The number of nitrogens with zero attached hydrogens (tertiary/aromatic N) is 1. The molecule has 17 heavy (non-hydrogen) atoms. The van der Waals surface area contributed by atoms with Gasteiger partial charge in [-0.2, -0.15) is 13.2 Å². The van der Waals surface area contributed by atoms with Crippen molar-refractivity contribution in [2.24, 2.45) is 0 Å². The fraction of sp³-hybridized carbons (Fsp3) is 0.667. The topological polar surface area (TPSA) is 54.5 Å². The standard InChI is InChI=1S/C9H10F3NO3S/c1-2-4-13(8(14)9(10,11)12)7-3-5-17(15,16)6-7/h1,7H,3-6H2. The molecule has 0 bridgehead atoms. The number of amides is 1. The molecule has 0 spiro atoms. The minimum Gasteiger partial charge on any atom is -0.320 e. The third-order valence-electron chi connectivity index (χ3n) is 2.41. The summed E-state index contributed by atoms with van der Waals surface area (Å²) in [5, 5.41) is 0. The van der Waals surface area contributed by atoms with Crippen molar-refractivity contribution in [2.75, 3.05) is 18.1 Å². The molecule has 0 saturated carbocycles. The Morgan fingerprint density at radius 2 is 2.06 bits per heavy atom. The van der Waals surface area contributed by atoms with E-state index in [-0.39, 0.29) is 12.2 Å². The van der Waals surface area contributed by atoms with Crippen molar-refractivity contribution in [3.8, 4) is 12.3 Å². The van der Waals surface area contributed by atoms with Crippen LogP contribution >= 0.6 is 0 Å². The number of rotatable bonds is 2. The van der Waals surface area contributed by atoms with Gasteiger partial charge in [0.1, 0.15) is 0 Å². The molecule has 0 aromatic carbocycles. The van der Waals surface area contributed by atoms with Gasteiger partial charge in [-0.25, -0.2) is 8.42 Å². The lowest BCUT2D eigenvalue weighted by molar-refractivity contribution is -0.186. The third-order valence-corrected chi connectivity index (χ3v) is 4.16. The first-order valence-corrected chi connectivity index (χ1v) is 6.51. The normalized spacial score (nSPS) is 23.1. The molecule has 4 nitrogen and oxygen atoms in total. The number of sulfone groups is 1. The van der Waals surface area contributed by atoms with Crippen LogP contribution in [0.3, 0.4) is 0 Å². The molecule has 96 valence electrons. The van der Waals surface area contributed by atoms with Gasteiger partial charge >= 0.3 is 12.1 Å². The zero-order valence-electron chi connectivity index (χ0n) is 8.70. The van der Waals surface area contributed by atoms with Crippen molar-refractivity contribution < 1.29 is 26.4 Å². The Bertz CT molecular complexity index is 449. The van der Waals surface area contributed by atoms with Crippen LogP contribution < -0.4 is 0 Å². The van der Waals surface area contributed by atoms with Gasteiger partial charge in [-0.3, -0.25) is 4.79 Å². The first kappa shape index (κ1) is 13.8. The molecule has 0 aliphatic carbocycles. The van der Waals surface area contributed by atoms with E-state index in [2.05, 4.69) is 0 Å². The van der Waals surface area contributed by atoms with Crippen LogP contribution in [0.15, 0.2) is 0 Å². The first-order chi connectivity index (χ1) is 7.67. The largest absolute Gasteiger partial charge is 0.471 e. The van der Waals surface area contributed by atoms with Crippen molar-refractivity contribution in [1.82, 2.24) is 4.90 Å². The Hall–Kier alpha value is -1.23. The lowest BCUT2D eigenvalue weighted by Gasteiger charge is -2.26. The fourth-order valence-corrected chi connectivity index (χ4v) is 3.38. The van der Waals surface area contributed by atoms with Gasteiger partial charge in [-0.15, -0.1) is 6.42 Å². The maximum Gasteiger partial charge on any atom is 0.471 e. The third kappa shape index (κ3) is 3.36. The molecule has 0 radical (unpaired) electrons. The van der Waals surface area contributed by atoms with Crippen LogP contribution in [0.25, 0.3) is 0 Å². The number of carbonyl (C=O) groups is 1. The van der Waals surface area contributed by atoms with Gasteiger partial charge in [0.05, 0.1) is 18.1 Å². The highest BCUT2D eigenvalue weighted by Crippen LogP contribution is 2.24. The van der Waals surface area contributed by atoms with Gasteiger partial charge in [0.2, 0.25) is 0 Å². The van der Waals surface area contributed by atoms with Crippen LogP contribution in [0.1, 0.15) is 6.42 Å². The highest BCUT2D eigenvalue weighted by Gasteiger charge is 2.46. The SMILES string of the molecule is C#CCN(C(=O)C(F)(F)F)C1CCS(=O)(=O)C1. The molecule has 0 N–H and O–H groups in total. The van der Waals surface area contributed by atoms with E-state index in [9.17, 15) is 26.4 Å². The van der Waals surface area contributed by atoms with E-state index < -0.39 is 40.3 Å². The monoisotopic (exact) mass is 269 g/mol. The lowest BCUT2D eigenvalue weighted by atomic mass is 10.2. The minimum atomic E-state index is -5.04. The highest BCUT2D eigenvalue weighted by atomic mass is 32.2. The van der Waals surface area contributed by atoms with Crippen LogP contribution in [0.5, 0.6) is 0 Å². The molecule has 1 unspecified atom stereocenters. The number of alkyl halides is 3. The molecule has 0 aromatic rings. The van der Waals surface area contributed by atoms with Crippen molar-refractivity contribution >= 4 is 15.7 Å². The summed E-state index contributed by atoms with van der Waals surface area (Å²) in [4.78, 5) is 11.5. The Morgan fingerprint density at radius 3 is 2.41 bits per heavy atom. The maximum absolute atomic E-state index is 12.3. The predicted octanol–water partition coefficient (Wildman–Crippen LogP) is 0.198. The van der Waals surface area contributed by atoms with E-state index in [1.54, 1.807) is 0 Å². The van der Waals surface area contributed by atoms with Gasteiger partial charge < -0.3 is 4.90 Å². The first-order valence-electron chi connectivity index (χ1n) is 4.69. The van der Waals surface area contributed by atoms with E-state index >= 15 is 0 Å². The molecule has 1 atom stereocenters. The van der Waals surface area contributed by atoms with Crippen LogP contribution in [-0.4, -0.2) is 49.5 Å². The van der Waals surface area contributed by atoms with Crippen LogP contribution in [0.4, 0.5) is 13.2 Å². The second kappa shape index (κ2) is 4.56. The molecule has 1 rings (SSSR count). The van der Waals surface area contributed by atoms with Gasteiger partial charge in [0, 0.05) is 6.04 Å². The molecular formula is C9H10F3NO3S. The molecule has 1 aliphatic rings. The molecule has 1 heterocycles. The van der Waals surface area contributed by atoms with Gasteiger partial charge in [-0.1, -0.05) is 5.92 Å². The molecule has 1 aliphatic heterocycles. The Labute approximate surface area is 96.7 Å². The quantitative estimate of drug-likeness (QED) is 0.673. The predicted molar refractivity (Wildman–Crippen MR) is 53.7 cm³/mol. The van der Waals surface area contributed by atoms with Crippen molar-refractivity contribution in [2.45, 2.75) is 18.6 Å². The number of carbonyl (C=O) groups excluding carboxylic acids is 1. The summed E-state index contributed by atoms with van der Waals surface area (Å²) in [6.07, 6.45) is -0.162. The second-order valence-electron chi connectivity index (χ2n) is 3.69. The van der Waals surface area contributed by atoms with E-state index in [1.165, 1.54) is 0 Å². The summed E-state index contributed by atoms with van der Waals surface area (Å²) < 4.78 is 59.1. The van der Waals surface area contributed by atoms with E-state index in [4.69, 9.17) is 6.42 Å². The zero-order chi connectivity index (χ0) is 13.3. The van der Waals surface area contributed by atoms with E-state index in [0.29, 0.717) is 4.90 Å². The van der Waals surface area contributed by atoms with Gasteiger partial charge in [-0.05, 0) is 6.42 Å². The smallest absolute Gasteiger partial charge is 0.320 e. The number of terminal acetylenes is 1. The Kier molecular flexibility index (Phi) is 3.71. The summed E-state index contributed by atoms with van der Waals surface area (Å²) in [6.45, 7) is -0.543. The number of hydrogen-bond acceptors (Lipinski definition) is 3. The van der Waals surface area contributed by atoms with Crippen molar-refractivity contribution in [1.29, 1.82) is 0 Å². The lowest BCUT2D eigenvalue weighted by Crippen LogP contribution is -2.47. The molecule has 1 fully saturated rings. The van der Waals surface area contributed by atoms with Crippen LogP contribution in [0, 0.1) is 12.3 Å². The Balaban J connectivity index is 2.89. The average Bonchev–Trinajstić information content (AvgIpc) is 2.52. The summed E-state index contributed by atoms with van der Waals surface area (Å²) >= 11 is 0. The highest BCUT2D eigenvalue weighted by molar-refractivity contribution is 7.91. The van der Waals surface area contributed by atoms with Crippen LogP contribution in [-0.2, 0) is 14.6 Å². The molecule has 8 heteroatoms. The zero-order valence-corrected chi connectivity index (χ0v) is 9.51. The average molecular weight is 269 g/mol. The Morgan fingerprint density at radius 1 is 1.47 bits per heavy atom. The van der Waals surface area contributed by atoms with E-state index in [1.807, 2.05) is 5.92 Å². The van der Waals surface area contributed by atoms with E-state index in [0.717, 1.165) is 0 Å². The number of hydrogen-bond donors (Lipinski definition) is 0.